The lowest BCUT2D eigenvalue weighted by Gasteiger charge is -2.34. The summed E-state index contributed by atoms with van der Waals surface area (Å²) in [6, 6.07) is 9.81. The van der Waals surface area contributed by atoms with Crippen molar-refractivity contribution >= 4 is 49.1 Å². The molecule has 3 heterocycles. The van der Waals surface area contributed by atoms with Crippen LogP contribution in [0.3, 0.4) is 0 Å². The number of amides is 1. The Morgan fingerprint density at radius 1 is 1.25 bits per heavy atom. The number of piperidine rings is 1. The van der Waals surface area contributed by atoms with Gasteiger partial charge in [0.1, 0.15) is 10.9 Å². The summed E-state index contributed by atoms with van der Waals surface area (Å²) in [5.41, 5.74) is 2.52. The standard InChI is InChI=1S/C31H39FN4O6S2/c1-2-42-23-17-22-15-21(7-8-29(37)38)16-27(30(22)33-19-23)44(40,41)35-25(18-28-34-24-5-3-4-6-26(24)43-28)31(39)36-13-10-20(9-12-32)11-14-36/h3-6,15-16,20,23,25,33,35H,2,7-14,17-19H2,1H3,(H,37,38)/t23?,25-/m0/s1. The van der Waals surface area contributed by atoms with Crippen molar-refractivity contribution < 1.29 is 32.2 Å². The van der Waals surface area contributed by atoms with Crippen LogP contribution in [0.1, 0.15) is 48.7 Å². The van der Waals surface area contributed by atoms with Crippen molar-refractivity contribution in [2.75, 3.05) is 38.2 Å². The lowest BCUT2D eigenvalue weighted by Crippen LogP contribution is -2.51. The number of aryl methyl sites for hydroxylation is 1. The third-order valence-corrected chi connectivity index (χ3v) is 10.8. The molecule has 0 bridgehead atoms. The number of hydrogen-bond acceptors (Lipinski definition) is 8. The molecule has 1 amide bonds. The number of alkyl halides is 1. The number of para-hydroxylation sites is 1. The molecule has 5 rings (SSSR count). The Kier molecular flexibility index (Phi) is 10.5. The fourth-order valence-corrected chi connectivity index (χ4v) is 8.50. The number of ether oxygens (including phenoxy) is 1. The number of benzene rings is 2. The number of thiazole rings is 1. The third-order valence-electron chi connectivity index (χ3n) is 8.27. The number of fused-ring (bicyclic) bond motifs is 2. The molecule has 10 nitrogen and oxygen atoms in total. The van der Waals surface area contributed by atoms with Crippen LogP contribution in [0, 0.1) is 5.92 Å². The van der Waals surface area contributed by atoms with Crippen molar-refractivity contribution in [2.24, 2.45) is 5.92 Å². The number of nitrogens with zero attached hydrogens (tertiary/aromatic N) is 2. The summed E-state index contributed by atoms with van der Waals surface area (Å²) in [5, 5.41) is 13.1. The molecule has 1 aromatic heterocycles. The van der Waals surface area contributed by atoms with E-state index in [0.29, 0.717) is 68.2 Å². The maximum Gasteiger partial charge on any atom is 0.303 e. The first-order valence-electron chi connectivity index (χ1n) is 15.1. The summed E-state index contributed by atoms with van der Waals surface area (Å²) < 4.78 is 50.7. The number of rotatable bonds is 13. The predicted molar refractivity (Wildman–Crippen MR) is 167 cm³/mol. The minimum Gasteiger partial charge on any atom is -0.481 e. The van der Waals surface area contributed by atoms with E-state index < -0.39 is 28.7 Å². The number of sulfonamides is 1. The average molecular weight is 647 g/mol. The minimum absolute atomic E-state index is 0.0194. The fourth-order valence-electron chi connectivity index (χ4n) is 6.02. The van der Waals surface area contributed by atoms with Crippen LogP contribution in [0.15, 0.2) is 41.3 Å². The zero-order chi connectivity index (χ0) is 31.3. The van der Waals surface area contributed by atoms with Gasteiger partial charge >= 0.3 is 5.97 Å². The number of anilines is 1. The largest absolute Gasteiger partial charge is 0.481 e. The number of carbonyl (C=O) groups is 2. The number of hydrogen-bond donors (Lipinski definition) is 3. The number of aliphatic carboxylic acids is 1. The van der Waals surface area contributed by atoms with Gasteiger partial charge in [0.15, 0.2) is 0 Å². The quantitative estimate of drug-likeness (QED) is 0.252. The average Bonchev–Trinajstić information content (AvgIpc) is 3.42. The second-order valence-electron chi connectivity index (χ2n) is 11.4. The van der Waals surface area contributed by atoms with E-state index in [9.17, 15) is 27.5 Å². The van der Waals surface area contributed by atoms with Crippen LogP contribution in [0.25, 0.3) is 10.2 Å². The van der Waals surface area contributed by atoms with Gasteiger partial charge in [0.2, 0.25) is 15.9 Å². The summed E-state index contributed by atoms with van der Waals surface area (Å²) in [6.07, 6.45) is 2.20. The first-order chi connectivity index (χ1) is 21.2. The molecule has 0 saturated carbocycles. The van der Waals surface area contributed by atoms with E-state index in [1.165, 1.54) is 17.4 Å². The molecule has 1 fully saturated rings. The van der Waals surface area contributed by atoms with Crippen molar-refractivity contribution in [2.45, 2.75) is 68.9 Å². The maximum atomic E-state index is 14.2. The van der Waals surface area contributed by atoms with E-state index >= 15 is 0 Å². The highest BCUT2D eigenvalue weighted by atomic mass is 32.2. The number of nitrogens with one attached hydrogen (secondary N) is 2. The summed E-state index contributed by atoms with van der Waals surface area (Å²) in [5.74, 6) is -1.12. The number of aromatic nitrogens is 1. The molecule has 0 spiro atoms. The molecule has 3 N–H and O–H groups in total. The van der Waals surface area contributed by atoms with Gasteiger partial charge in [-0.2, -0.15) is 4.72 Å². The van der Waals surface area contributed by atoms with Crippen molar-refractivity contribution in [1.29, 1.82) is 0 Å². The van der Waals surface area contributed by atoms with Crippen LogP contribution in [-0.2, 0) is 43.6 Å². The van der Waals surface area contributed by atoms with Gasteiger partial charge in [0.25, 0.3) is 0 Å². The van der Waals surface area contributed by atoms with Gasteiger partial charge in [-0.05, 0) is 67.9 Å². The van der Waals surface area contributed by atoms with Crippen molar-refractivity contribution in [3.63, 3.8) is 0 Å². The van der Waals surface area contributed by atoms with Gasteiger partial charge in [-0.25, -0.2) is 13.4 Å². The van der Waals surface area contributed by atoms with E-state index in [-0.39, 0.29) is 42.1 Å². The Labute approximate surface area is 261 Å². The van der Waals surface area contributed by atoms with E-state index in [1.807, 2.05) is 37.3 Å². The topological polar surface area (TPSA) is 138 Å². The molecule has 13 heteroatoms. The normalized spacial score (nSPS) is 18.1. The lowest BCUT2D eigenvalue weighted by atomic mass is 9.93. The zero-order valence-electron chi connectivity index (χ0n) is 24.8. The SMILES string of the molecule is CCOC1CNc2c(cc(CCC(=O)O)cc2S(=O)(=O)N[C@@H](Cc2nc3ccccc3s2)C(=O)N2CCC(CCF)CC2)C1. The van der Waals surface area contributed by atoms with Gasteiger partial charge in [0.05, 0.1) is 33.7 Å². The second kappa shape index (κ2) is 14.3. The van der Waals surface area contributed by atoms with Gasteiger partial charge in [0, 0.05) is 45.5 Å². The number of likely N-dealkylation sites (tertiary alicyclic amines) is 1. The van der Waals surface area contributed by atoms with Crippen LogP contribution in [0.2, 0.25) is 0 Å². The smallest absolute Gasteiger partial charge is 0.303 e. The number of carbonyl (C=O) groups excluding carboxylic acids is 1. The van der Waals surface area contributed by atoms with Crippen molar-refractivity contribution in [3.05, 3.63) is 52.5 Å². The zero-order valence-corrected chi connectivity index (χ0v) is 26.4. The Bertz CT molecular complexity index is 1560. The number of carboxylic acids is 1. The Hall–Kier alpha value is -3.13. The Balaban J connectivity index is 1.46. The molecule has 0 aliphatic carbocycles. The summed E-state index contributed by atoms with van der Waals surface area (Å²) >= 11 is 1.42. The third kappa shape index (κ3) is 7.74. The number of halogens is 1. The maximum absolute atomic E-state index is 14.2. The summed E-state index contributed by atoms with van der Waals surface area (Å²) in [4.78, 5) is 31.6. The molecule has 1 unspecified atom stereocenters. The first-order valence-corrected chi connectivity index (χ1v) is 17.4. The molecular formula is C31H39FN4O6S2. The van der Waals surface area contributed by atoms with Gasteiger partial charge in [-0.3, -0.25) is 14.0 Å². The first kappa shape index (κ1) is 32.3. The van der Waals surface area contributed by atoms with E-state index in [2.05, 4.69) is 15.0 Å². The Morgan fingerprint density at radius 2 is 2.02 bits per heavy atom. The summed E-state index contributed by atoms with van der Waals surface area (Å²) in [7, 11) is -4.27. The lowest BCUT2D eigenvalue weighted by molar-refractivity contribution is -0.137. The van der Waals surface area contributed by atoms with Gasteiger partial charge in [-0.1, -0.05) is 18.2 Å². The molecule has 2 aliphatic heterocycles. The minimum atomic E-state index is -4.27. The molecule has 2 aromatic carbocycles. The fraction of sp³-hybridized carbons (Fsp3) is 0.516. The van der Waals surface area contributed by atoms with Crippen LogP contribution in [0.4, 0.5) is 10.1 Å². The molecule has 1 saturated heterocycles. The molecule has 44 heavy (non-hydrogen) atoms. The molecule has 2 atom stereocenters. The van der Waals surface area contributed by atoms with Crippen LogP contribution in [-0.4, -0.2) is 80.3 Å². The van der Waals surface area contributed by atoms with Crippen molar-refractivity contribution in [3.8, 4) is 0 Å². The van der Waals surface area contributed by atoms with E-state index in [1.54, 1.807) is 4.90 Å². The predicted octanol–water partition coefficient (Wildman–Crippen LogP) is 4.17. The molecule has 0 radical (unpaired) electrons. The van der Waals surface area contributed by atoms with E-state index in [4.69, 9.17) is 4.74 Å². The Morgan fingerprint density at radius 3 is 2.73 bits per heavy atom. The highest BCUT2D eigenvalue weighted by molar-refractivity contribution is 7.89. The van der Waals surface area contributed by atoms with Gasteiger partial charge in [-0.15, -0.1) is 11.3 Å². The van der Waals surface area contributed by atoms with Crippen LogP contribution in [0.5, 0.6) is 0 Å². The second-order valence-corrected chi connectivity index (χ2v) is 14.2. The van der Waals surface area contributed by atoms with Gasteiger partial charge < -0.3 is 20.1 Å². The molecule has 2 aliphatic rings. The molecule has 238 valence electrons. The summed E-state index contributed by atoms with van der Waals surface area (Å²) in [6.45, 7) is 3.29. The molecular weight excluding hydrogens is 607 g/mol. The van der Waals surface area contributed by atoms with Crippen molar-refractivity contribution in [1.82, 2.24) is 14.6 Å². The van der Waals surface area contributed by atoms with E-state index in [0.717, 1.165) is 15.8 Å². The number of carboxylic acid groups (broad SMARTS) is 1. The van der Waals surface area contributed by atoms with Crippen LogP contribution < -0.4 is 10.0 Å². The van der Waals surface area contributed by atoms with Crippen LogP contribution >= 0.6 is 11.3 Å². The monoisotopic (exact) mass is 646 g/mol. The molecule has 3 aromatic rings. The highest BCUT2D eigenvalue weighted by Crippen LogP contribution is 2.33. The highest BCUT2D eigenvalue weighted by Gasteiger charge is 2.35.